The summed E-state index contributed by atoms with van der Waals surface area (Å²) in [5.41, 5.74) is 7.17. The van der Waals surface area contributed by atoms with Crippen LogP contribution in [-0.2, 0) is 6.54 Å². The van der Waals surface area contributed by atoms with Crippen molar-refractivity contribution in [2.45, 2.75) is 26.4 Å². The molecule has 0 fully saturated rings. The van der Waals surface area contributed by atoms with Gasteiger partial charge in [0, 0.05) is 41.3 Å². The molecule has 0 unspecified atom stereocenters. The minimum Gasteiger partial charge on any atom is -0.337 e. The van der Waals surface area contributed by atoms with Gasteiger partial charge in [-0.2, -0.15) is 5.10 Å². The smallest absolute Gasteiger partial charge is 0.159 e. The van der Waals surface area contributed by atoms with Crippen molar-refractivity contribution in [2.75, 3.05) is 0 Å². The molecule has 6 aromatic rings. The number of imidazole rings is 1. The molecule has 0 bridgehead atoms. The summed E-state index contributed by atoms with van der Waals surface area (Å²) in [5, 5.41) is 14.6. The number of fused-ring (bicyclic) bond motifs is 3. The number of aromatic amines is 2. The van der Waals surface area contributed by atoms with Crippen molar-refractivity contribution in [1.29, 1.82) is 0 Å². The van der Waals surface area contributed by atoms with E-state index in [9.17, 15) is 0 Å². The lowest BCUT2D eigenvalue weighted by molar-refractivity contribution is 0.590. The van der Waals surface area contributed by atoms with Crippen LogP contribution in [0.2, 0.25) is 0 Å². The van der Waals surface area contributed by atoms with E-state index in [1.807, 2.05) is 18.5 Å². The SMILES string of the molecule is CC(C)NCc1cccc2[nH]c(-c3n[nH]c4ccc(-c5cncc6ccccc56)cc34)nc12. The molecule has 0 radical (unpaired) electrons. The van der Waals surface area contributed by atoms with Gasteiger partial charge in [-0.05, 0) is 34.7 Å². The van der Waals surface area contributed by atoms with E-state index in [-0.39, 0.29) is 0 Å². The molecule has 3 heterocycles. The number of aromatic nitrogens is 5. The van der Waals surface area contributed by atoms with Crippen LogP contribution in [0.4, 0.5) is 0 Å². The van der Waals surface area contributed by atoms with Gasteiger partial charge in [0.25, 0.3) is 0 Å². The summed E-state index contributed by atoms with van der Waals surface area (Å²) in [6.45, 7) is 5.07. The van der Waals surface area contributed by atoms with Gasteiger partial charge in [0.2, 0.25) is 0 Å². The molecule has 6 nitrogen and oxygen atoms in total. The lowest BCUT2D eigenvalue weighted by atomic mass is 9.99. The average Bonchev–Trinajstić information content (AvgIpc) is 3.46. The van der Waals surface area contributed by atoms with Gasteiger partial charge in [-0.3, -0.25) is 10.1 Å². The van der Waals surface area contributed by atoms with Crippen LogP contribution in [0.3, 0.4) is 0 Å². The van der Waals surface area contributed by atoms with Crippen molar-refractivity contribution >= 4 is 32.7 Å². The molecule has 0 saturated heterocycles. The first-order valence-corrected chi connectivity index (χ1v) is 11.2. The fourth-order valence-electron chi connectivity index (χ4n) is 4.37. The molecule has 0 spiro atoms. The Bertz CT molecular complexity index is 1600. The third kappa shape index (κ3) is 3.45. The lowest BCUT2D eigenvalue weighted by Crippen LogP contribution is -2.21. The molecule has 6 heteroatoms. The molecule has 6 rings (SSSR count). The number of H-pyrrole nitrogens is 2. The van der Waals surface area contributed by atoms with E-state index >= 15 is 0 Å². The number of hydrogen-bond donors (Lipinski definition) is 3. The van der Waals surface area contributed by atoms with E-state index < -0.39 is 0 Å². The summed E-state index contributed by atoms with van der Waals surface area (Å²) in [7, 11) is 0. The number of benzene rings is 3. The van der Waals surface area contributed by atoms with E-state index in [4.69, 9.17) is 4.98 Å². The van der Waals surface area contributed by atoms with Gasteiger partial charge in [0.15, 0.2) is 5.82 Å². The summed E-state index contributed by atoms with van der Waals surface area (Å²) in [4.78, 5) is 12.9. The first kappa shape index (κ1) is 19.6. The van der Waals surface area contributed by atoms with Gasteiger partial charge in [-0.25, -0.2) is 4.98 Å². The van der Waals surface area contributed by atoms with E-state index in [0.717, 1.165) is 56.5 Å². The van der Waals surface area contributed by atoms with Gasteiger partial charge in [-0.15, -0.1) is 0 Å². The summed E-state index contributed by atoms with van der Waals surface area (Å²) < 4.78 is 0. The first-order chi connectivity index (χ1) is 16.2. The normalized spacial score (nSPS) is 11.8. The minimum atomic E-state index is 0.413. The van der Waals surface area contributed by atoms with Crippen molar-refractivity contribution < 1.29 is 0 Å². The average molecular weight is 433 g/mol. The zero-order valence-corrected chi connectivity index (χ0v) is 18.6. The van der Waals surface area contributed by atoms with Crippen LogP contribution in [-0.4, -0.2) is 31.2 Å². The van der Waals surface area contributed by atoms with Crippen LogP contribution in [0.15, 0.2) is 73.1 Å². The molecule has 0 aliphatic rings. The van der Waals surface area contributed by atoms with Crippen molar-refractivity contribution in [2.24, 2.45) is 0 Å². The van der Waals surface area contributed by atoms with Crippen LogP contribution in [0.1, 0.15) is 19.4 Å². The Morgan fingerprint density at radius 1 is 0.909 bits per heavy atom. The second-order valence-corrected chi connectivity index (χ2v) is 8.68. The maximum atomic E-state index is 4.95. The Morgan fingerprint density at radius 3 is 2.73 bits per heavy atom. The van der Waals surface area contributed by atoms with Crippen LogP contribution in [0.25, 0.3) is 55.4 Å². The predicted octanol–water partition coefficient (Wildman–Crippen LogP) is 5.82. The highest BCUT2D eigenvalue weighted by Gasteiger charge is 2.16. The number of hydrogen-bond acceptors (Lipinski definition) is 4. The number of nitrogens with zero attached hydrogens (tertiary/aromatic N) is 3. The van der Waals surface area contributed by atoms with Gasteiger partial charge in [-0.1, -0.05) is 56.3 Å². The van der Waals surface area contributed by atoms with Crippen LogP contribution in [0.5, 0.6) is 0 Å². The van der Waals surface area contributed by atoms with Crippen molar-refractivity contribution in [3.63, 3.8) is 0 Å². The molecule has 3 N–H and O–H groups in total. The summed E-state index contributed by atoms with van der Waals surface area (Å²) >= 11 is 0. The molecule has 0 atom stereocenters. The second kappa shape index (κ2) is 7.83. The number of rotatable bonds is 5. The molecule has 3 aromatic carbocycles. The molecule has 162 valence electrons. The largest absolute Gasteiger partial charge is 0.337 e. The van der Waals surface area contributed by atoms with Crippen LogP contribution in [0, 0.1) is 0 Å². The highest BCUT2D eigenvalue weighted by Crippen LogP contribution is 2.33. The van der Waals surface area contributed by atoms with Gasteiger partial charge in [0.1, 0.15) is 5.69 Å². The standard InChI is InChI=1S/C27H24N6/c1-16(2)29-14-19-7-5-9-24-25(19)31-27(30-24)26-21-12-17(10-11-23(21)32-33-26)22-15-28-13-18-6-3-4-8-20(18)22/h3-13,15-16,29H,14H2,1-2H3,(H,30,31)(H,32,33). The molecular formula is C27H24N6. The van der Waals surface area contributed by atoms with Crippen LogP contribution < -0.4 is 5.32 Å². The summed E-state index contributed by atoms with van der Waals surface area (Å²) in [6.07, 6.45) is 3.83. The highest BCUT2D eigenvalue weighted by atomic mass is 15.1. The molecule has 0 amide bonds. The zero-order chi connectivity index (χ0) is 22.4. The molecule has 33 heavy (non-hydrogen) atoms. The Labute approximate surface area is 191 Å². The predicted molar refractivity (Wildman–Crippen MR) is 134 cm³/mol. The van der Waals surface area contributed by atoms with E-state index in [0.29, 0.717) is 6.04 Å². The minimum absolute atomic E-state index is 0.413. The molecule has 0 aliphatic heterocycles. The Morgan fingerprint density at radius 2 is 1.82 bits per heavy atom. The highest BCUT2D eigenvalue weighted by molar-refractivity contribution is 6.00. The van der Waals surface area contributed by atoms with Gasteiger partial charge >= 0.3 is 0 Å². The monoisotopic (exact) mass is 432 g/mol. The number of para-hydroxylation sites is 1. The summed E-state index contributed by atoms with van der Waals surface area (Å²) in [6, 6.07) is 21.4. The fourth-order valence-corrected chi connectivity index (χ4v) is 4.37. The molecule has 0 aliphatic carbocycles. The molecule has 0 saturated carbocycles. The third-order valence-electron chi connectivity index (χ3n) is 6.06. The van der Waals surface area contributed by atoms with Crippen molar-refractivity contribution in [3.05, 3.63) is 78.6 Å². The second-order valence-electron chi connectivity index (χ2n) is 8.68. The summed E-state index contributed by atoms with van der Waals surface area (Å²) in [5.74, 6) is 0.765. The Kier molecular flexibility index (Phi) is 4.66. The van der Waals surface area contributed by atoms with Gasteiger partial charge < -0.3 is 10.3 Å². The Hall–Kier alpha value is -4.03. The van der Waals surface area contributed by atoms with Crippen molar-refractivity contribution in [1.82, 2.24) is 30.5 Å². The third-order valence-corrected chi connectivity index (χ3v) is 6.06. The number of nitrogens with one attached hydrogen (secondary N) is 3. The topological polar surface area (TPSA) is 82.3 Å². The van der Waals surface area contributed by atoms with Crippen LogP contribution >= 0.6 is 0 Å². The van der Waals surface area contributed by atoms with E-state index in [1.54, 1.807) is 0 Å². The maximum absolute atomic E-state index is 4.95. The molecule has 3 aromatic heterocycles. The van der Waals surface area contributed by atoms with Crippen molar-refractivity contribution in [3.8, 4) is 22.6 Å². The quantitative estimate of drug-likeness (QED) is 0.321. The Balaban J connectivity index is 1.47. The van der Waals surface area contributed by atoms with Gasteiger partial charge in [0.05, 0.1) is 16.6 Å². The maximum Gasteiger partial charge on any atom is 0.159 e. The fraction of sp³-hybridized carbons (Fsp3) is 0.148. The molecular weight excluding hydrogens is 408 g/mol. The zero-order valence-electron chi connectivity index (χ0n) is 18.6. The number of pyridine rings is 1. The first-order valence-electron chi connectivity index (χ1n) is 11.2. The van der Waals surface area contributed by atoms with E-state index in [2.05, 4.69) is 93.9 Å². The van der Waals surface area contributed by atoms with E-state index in [1.165, 1.54) is 10.9 Å². The lowest BCUT2D eigenvalue weighted by Gasteiger charge is -2.08.